The monoisotopic (exact) mass is 395 g/mol. The first-order valence-corrected chi connectivity index (χ1v) is 10.7. The fraction of sp³-hybridized carbons (Fsp3) is 0.579. The maximum atomic E-state index is 13.0. The number of carbonyl (C=O) groups is 2. The Labute approximate surface area is 159 Å². The second-order valence-corrected chi connectivity index (χ2v) is 9.02. The van der Waals surface area contributed by atoms with Crippen LogP contribution in [0.25, 0.3) is 0 Å². The fourth-order valence-electron chi connectivity index (χ4n) is 4.20. The van der Waals surface area contributed by atoms with Crippen LogP contribution in [-0.2, 0) is 23.9 Å². The molecular weight excluding hydrogens is 370 g/mol. The predicted octanol–water partition coefficient (Wildman–Crippen LogP) is 2.33. The summed E-state index contributed by atoms with van der Waals surface area (Å²) in [5, 5.41) is 9.54. The first-order chi connectivity index (χ1) is 12.7. The summed E-state index contributed by atoms with van der Waals surface area (Å²) in [4.78, 5) is 26.0. The van der Waals surface area contributed by atoms with E-state index in [1.54, 1.807) is 12.1 Å². The van der Waals surface area contributed by atoms with E-state index in [1.807, 2.05) is 6.92 Å². The fourth-order valence-corrected chi connectivity index (χ4v) is 5.24. The van der Waals surface area contributed by atoms with E-state index in [2.05, 4.69) is 0 Å². The topological polar surface area (TPSA) is 101 Å². The third kappa shape index (κ3) is 4.01. The number of aryl methyl sites for hydroxylation is 1. The molecule has 1 aromatic rings. The molecule has 0 spiro atoms. The largest absolute Gasteiger partial charge is 0.480 e. The highest BCUT2D eigenvalue weighted by atomic mass is 32.2. The summed E-state index contributed by atoms with van der Waals surface area (Å²) in [7, 11) is -4.11. The number of rotatable bonds is 5. The zero-order chi connectivity index (χ0) is 19.8. The van der Waals surface area contributed by atoms with Crippen molar-refractivity contribution in [2.24, 2.45) is 5.92 Å². The van der Waals surface area contributed by atoms with Crippen molar-refractivity contribution in [2.45, 2.75) is 69.0 Å². The third-order valence-electron chi connectivity index (χ3n) is 5.56. The molecule has 148 valence electrons. The van der Waals surface area contributed by atoms with Gasteiger partial charge in [-0.15, -0.1) is 0 Å². The van der Waals surface area contributed by atoms with Gasteiger partial charge in [-0.1, -0.05) is 30.5 Å². The van der Waals surface area contributed by atoms with Crippen LogP contribution in [0, 0.1) is 12.8 Å². The Bertz CT molecular complexity index is 819. The number of hydrogen-bond acceptors (Lipinski definition) is 5. The minimum Gasteiger partial charge on any atom is -0.480 e. The van der Waals surface area contributed by atoms with Crippen LogP contribution in [0.2, 0.25) is 0 Å². The minimum absolute atomic E-state index is 0.0282. The van der Waals surface area contributed by atoms with E-state index >= 15 is 0 Å². The number of likely N-dealkylation sites (tertiary alicyclic amines) is 1. The van der Waals surface area contributed by atoms with Gasteiger partial charge in [0.25, 0.3) is 16.0 Å². The number of nitrogens with zero attached hydrogens (tertiary/aromatic N) is 1. The first kappa shape index (κ1) is 19.8. The summed E-state index contributed by atoms with van der Waals surface area (Å²) in [5.41, 5.74) is 0.905. The number of carbonyl (C=O) groups excluding carboxylic acids is 1. The number of benzene rings is 1. The van der Waals surface area contributed by atoms with Crippen molar-refractivity contribution in [3.63, 3.8) is 0 Å². The molecule has 1 aliphatic heterocycles. The van der Waals surface area contributed by atoms with Gasteiger partial charge in [0, 0.05) is 6.04 Å². The summed E-state index contributed by atoms with van der Waals surface area (Å²) in [6, 6.07) is 5.08. The van der Waals surface area contributed by atoms with Crippen molar-refractivity contribution in [2.75, 3.05) is 0 Å². The van der Waals surface area contributed by atoms with Gasteiger partial charge in [-0.25, -0.2) is 4.79 Å². The summed E-state index contributed by atoms with van der Waals surface area (Å²) in [5.74, 6) is -1.47. The molecule has 1 N–H and O–H groups in total. The normalized spacial score (nSPS) is 26.4. The standard InChI is InChI=1S/C19H25NO6S/c1-12-7-9-15(10-8-12)27(24,25)26-13(2)18(21)20-16-6-4-3-5-14(16)11-17(20)19(22)23/h7-10,13-14,16-17H,3-6,11H2,1-2H3,(H,22,23)/t13-,14+,16+,17+/m1/s1. The zero-order valence-corrected chi connectivity index (χ0v) is 16.3. The SMILES string of the molecule is Cc1ccc(S(=O)(=O)O[C@H](C)C(=O)N2[C@H](C(=O)O)C[C@@H]3CCCC[C@@H]32)cc1. The summed E-state index contributed by atoms with van der Waals surface area (Å²) < 4.78 is 30.1. The molecule has 1 saturated heterocycles. The lowest BCUT2D eigenvalue weighted by Crippen LogP contribution is -2.50. The van der Waals surface area contributed by atoms with E-state index in [4.69, 9.17) is 4.18 Å². The predicted molar refractivity (Wildman–Crippen MR) is 97.5 cm³/mol. The molecule has 1 aromatic carbocycles. The van der Waals surface area contributed by atoms with Crippen LogP contribution in [0.3, 0.4) is 0 Å². The molecule has 0 aromatic heterocycles. The molecule has 0 unspecified atom stereocenters. The second kappa shape index (κ2) is 7.59. The summed E-state index contributed by atoms with van der Waals surface area (Å²) in [6.45, 7) is 3.20. The van der Waals surface area contributed by atoms with Crippen molar-refractivity contribution in [3.8, 4) is 0 Å². The molecule has 0 bridgehead atoms. The number of aliphatic carboxylic acids is 1. The molecule has 2 fully saturated rings. The van der Waals surface area contributed by atoms with Gasteiger partial charge in [-0.2, -0.15) is 8.42 Å². The van der Waals surface area contributed by atoms with Crippen molar-refractivity contribution < 1.29 is 27.3 Å². The lowest BCUT2D eigenvalue weighted by Gasteiger charge is -2.34. The average molecular weight is 395 g/mol. The number of fused-ring (bicyclic) bond motifs is 1. The molecule has 1 aliphatic carbocycles. The van der Waals surface area contributed by atoms with Crippen LogP contribution in [0.4, 0.5) is 0 Å². The van der Waals surface area contributed by atoms with Gasteiger partial charge < -0.3 is 10.0 Å². The number of hydrogen-bond donors (Lipinski definition) is 1. The zero-order valence-electron chi connectivity index (χ0n) is 15.5. The van der Waals surface area contributed by atoms with E-state index < -0.39 is 34.1 Å². The second-order valence-electron chi connectivity index (χ2n) is 7.45. The average Bonchev–Trinajstić information content (AvgIpc) is 3.01. The van der Waals surface area contributed by atoms with Gasteiger partial charge in [0.1, 0.15) is 6.04 Å². The van der Waals surface area contributed by atoms with Crippen LogP contribution in [0.1, 0.15) is 44.6 Å². The molecule has 0 radical (unpaired) electrons. The quantitative estimate of drug-likeness (QED) is 0.768. The van der Waals surface area contributed by atoms with E-state index in [0.29, 0.717) is 6.42 Å². The van der Waals surface area contributed by atoms with Gasteiger partial charge in [0.05, 0.1) is 4.90 Å². The molecule has 4 atom stereocenters. The maximum absolute atomic E-state index is 13.0. The van der Waals surface area contributed by atoms with Gasteiger partial charge in [-0.3, -0.25) is 8.98 Å². The van der Waals surface area contributed by atoms with Crippen molar-refractivity contribution in [1.82, 2.24) is 4.90 Å². The molecule has 1 heterocycles. The molecule has 8 heteroatoms. The van der Waals surface area contributed by atoms with Crippen LogP contribution in [-0.4, -0.2) is 48.5 Å². The molecule has 27 heavy (non-hydrogen) atoms. The Morgan fingerprint density at radius 3 is 2.44 bits per heavy atom. The van der Waals surface area contributed by atoms with E-state index in [-0.39, 0.29) is 16.9 Å². The van der Waals surface area contributed by atoms with Crippen molar-refractivity contribution in [1.29, 1.82) is 0 Å². The Morgan fingerprint density at radius 2 is 1.81 bits per heavy atom. The van der Waals surface area contributed by atoms with Crippen LogP contribution in [0.15, 0.2) is 29.2 Å². The summed E-state index contributed by atoms with van der Waals surface area (Å²) in [6.07, 6.45) is 2.76. The Hall–Kier alpha value is -1.93. The Morgan fingerprint density at radius 1 is 1.19 bits per heavy atom. The van der Waals surface area contributed by atoms with Crippen LogP contribution < -0.4 is 0 Å². The highest BCUT2D eigenvalue weighted by Crippen LogP contribution is 2.40. The molecule has 7 nitrogen and oxygen atoms in total. The smallest absolute Gasteiger partial charge is 0.326 e. The maximum Gasteiger partial charge on any atom is 0.326 e. The Kier molecular flexibility index (Phi) is 5.58. The molecule has 3 rings (SSSR count). The van der Waals surface area contributed by atoms with E-state index in [1.165, 1.54) is 24.0 Å². The Balaban J connectivity index is 1.79. The van der Waals surface area contributed by atoms with E-state index in [0.717, 1.165) is 31.2 Å². The van der Waals surface area contributed by atoms with Gasteiger partial charge in [-0.05, 0) is 51.2 Å². The highest BCUT2D eigenvalue weighted by molar-refractivity contribution is 7.86. The number of carboxylic acid groups (broad SMARTS) is 1. The first-order valence-electron chi connectivity index (χ1n) is 9.25. The minimum atomic E-state index is -4.11. The lowest BCUT2D eigenvalue weighted by molar-refractivity contribution is -0.152. The molecule has 1 amide bonds. The van der Waals surface area contributed by atoms with Gasteiger partial charge in [0.15, 0.2) is 6.10 Å². The van der Waals surface area contributed by atoms with Crippen LogP contribution in [0.5, 0.6) is 0 Å². The van der Waals surface area contributed by atoms with Crippen molar-refractivity contribution >= 4 is 22.0 Å². The van der Waals surface area contributed by atoms with Crippen LogP contribution >= 0.6 is 0 Å². The highest BCUT2D eigenvalue weighted by Gasteiger charge is 2.49. The number of amides is 1. The summed E-state index contributed by atoms with van der Waals surface area (Å²) >= 11 is 0. The molecule has 1 saturated carbocycles. The van der Waals surface area contributed by atoms with Crippen molar-refractivity contribution in [3.05, 3.63) is 29.8 Å². The molecular formula is C19H25NO6S. The molecule has 2 aliphatic rings. The lowest BCUT2D eigenvalue weighted by atomic mass is 9.84. The number of carboxylic acids is 1. The van der Waals surface area contributed by atoms with Gasteiger partial charge >= 0.3 is 5.97 Å². The van der Waals surface area contributed by atoms with E-state index in [9.17, 15) is 23.1 Å². The van der Waals surface area contributed by atoms with Gasteiger partial charge in [0.2, 0.25) is 0 Å². The third-order valence-corrected chi connectivity index (χ3v) is 6.95.